The number of carbonyl (C=O) groups excluding carboxylic acids is 2. The second-order valence-electron chi connectivity index (χ2n) is 5.86. The first-order chi connectivity index (χ1) is 12.7. The van der Waals surface area contributed by atoms with E-state index in [2.05, 4.69) is 10.6 Å². The number of benzene rings is 2. The summed E-state index contributed by atoms with van der Waals surface area (Å²) in [7, 11) is -3.78. The van der Waals surface area contributed by atoms with Crippen molar-refractivity contribution in [1.29, 1.82) is 0 Å². The van der Waals surface area contributed by atoms with Gasteiger partial charge in [0.2, 0.25) is 15.9 Å². The molecule has 0 aliphatic rings. The lowest BCUT2D eigenvalue weighted by atomic mass is 10.1. The Bertz CT molecular complexity index is 944. The summed E-state index contributed by atoms with van der Waals surface area (Å²) in [6, 6.07) is 10.3. The number of hydrogen-bond acceptors (Lipinski definition) is 4. The van der Waals surface area contributed by atoms with E-state index in [9.17, 15) is 18.0 Å². The van der Waals surface area contributed by atoms with Crippen LogP contribution in [0.2, 0.25) is 5.02 Å². The predicted octanol–water partition coefficient (Wildman–Crippen LogP) is 2.31. The highest BCUT2D eigenvalue weighted by Gasteiger charge is 2.14. The number of rotatable bonds is 7. The minimum Gasteiger partial charge on any atom is -0.352 e. The van der Waals surface area contributed by atoms with Crippen molar-refractivity contribution in [3.05, 3.63) is 58.6 Å². The lowest BCUT2D eigenvalue weighted by Crippen LogP contribution is -2.26. The Balaban J connectivity index is 2.13. The van der Waals surface area contributed by atoms with Crippen LogP contribution in [0.25, 0.3) is 0 Å². The van der Waals surface area contributed by atoms with Gasteiger partial charge in [-0.05, 0) is 42.3 Å². The third-order valence-electron chi connectivity index (χ3n) is 3.65. The zero-order chi connectivity index (χ0) is 20.0. The molecule has 0 atom stereocenters. The van der Waals surface area contributed by atoms with Gasteiger partial charge in [0.1, 0.15) is 0 Å². The maximum absolute atomic E-state index is 12.3. The van der Waals surface area contributed by atoms with Gasteiger partial charge in [0.25, 0.3) is 5.91 Å². The van der Waals surface area contributed by atoms with Gasteiger partial charge in [-0.2, -0.15) is 0 Å². The molecule has 0 aromatic heterocycles. The minimum atomic E-state index is -3.78. The van der Waals surface area contributed by atoms with Gasteiger partial charge >= 0.3 is 0 Å². The quantitative estimate of drug-likeness (QED) is 0.650. The first kappa shape index (κ1) is 20.9. The Morgan fingerprint density at radius 1 is 1.11 bits per heavy atom. The van der Waals surface area contributed by atoms with Crippen LogP contribution in [0.4, 0.5) is 5.69 Å². The SMILES string of the molecule is CCCNC(=O)c1ccc(Cl)cc1NC(=O)Cc1ccc(S(N)(=O)=O)cc1. The van der Waals surface area contributed by atoms with Crippen LogP contribution in [0.5, 0.6) is 0 Å². The van der Waals surface area contributed by atoms with E-state index in [1.165, 1.54) is 30.3 Å². The summed E-state index contributed by atoms with van der Waals surface area (Å²) >= 11 is 5.98. The number of nitrogens with two attached hydrogens (primary N) is 1. The molecule has 0 heterocycles. The first-order valence-electron chi connectivity index (χ1n) is 8.20. The average molecular weight is 410 g/mol. The summed E-state index contributed by atoms with van der Waals surface area (Å²) in [5.74, 6) is -0.675. The third-order valence-corrected chi connectivity index (χ3v) is 4.82. The normalized spacial score (nSPS) is 11.1. The van der Waals surface area contributed by atoms with E-state index in [0.29, 0.717) is 28.4 Å². The molecular weight excluding hydrogens is 390 g/mol. The molecule has 0 spiro atoms. The van der Waals surface area contributed by atoms with Gasteiger partial charge in [-0.15, -0.1) is 0 Å². The molecule has 2 amide bonds. The molecule has 0 radical (unpaired) electrons. The van der Waals surface area contributed by atoms with Crippen molar-refractivity contribution in [1.82, 2.24) is 5.32 Å². The molecule has 2 aromatic rings. The Hall–Kier alpha value is -2.42. The van der Waals surface area contributed by atoms with Gasteiger partial charge in [-0.3, -0.25) is 9.59 Å². The zero-order valence-corrected chi connectivity index (χ0v) is 16.2. The highest BCUT2D eigenvalue weighted by molar-refractivity contribution is 7.89. The van der Waals surface area contributed by atoms with E-state index in [1.54, 1.807) is 12.1 Å². The second-order valence-corrected chi connectivity index (χ2v) is 7.86. The van der Waals surface area contributed by atoms with Crippen LogP contribution in [-0.4, -0.2) is 26.8 Å². The molecule has 144 valence electrons. The standard InChI is InChI=1S/C18H20ClN3O4S/c1-2-9-21-18(24)15-8-5-13(19)11-16(15)22-17(23)10-12-3-6-14(7-4-12)27(20,25)26/h3-8,11H,2,9-10H2,1H3,(H,21,24)(H,22,23)(H2,20,25,26). The van der Waals surface area contributed by atoms with Crippen molar-refractivity contribution in [3.63, 3.8) is 0 Å². The van der Waals surface area contributed by atoms with E-state index in [0.717, 1.165) is 6.42 Å². The van der Waals surface area contributed by atoms with Gasteiger partial charge in [0, 0.05) is 11.6 Å². The third kappa shape index (κ3) is 6.06. The molecule has 4 N–H and O–H groups in total. The summed E-state index contributed by atoms with van der Waals surface area (Å²) < 4.78 is 22.5. The first-order valence-corrected chi connectivity index (χ1v) is 10.1. The monoisotopic (exact) mass is 409 g/mol. The number of amides is 2. The molecular formula is C18H20ClN3O4S. The zero-order valence-electron chi connectivity index (χ0n) is 14.7. The highest BCUT2D eigenvalue weighted by atomic mass is 35.5. The van der Waals surface area contributed by atoms with E-state index >= 15 is 0 Å². The molecule has 0 saturated heterocycles. The van der Waals surface area contributed by atoms with Crippen molar-refractivity contribution < 1.29 is 18.0 Å². The fraction of sp³-hybridized carbons (Fsp3) is 0.222. The van der Waals surface area contributed by atoms with Gasteiger partial charge in [0.15, 0.2) is 0 Å². The molecule has 0 bridgehead atoms. The molecule has 0 aliphatic carbocycles. The second kappa shape index (κ2) is 8.98. The molecule has 27 heavy (non-hydrogen) atoms. The summed E-state index contributed by atoms with van der Waals surface area (Å²) in [6.45, 7) is 2.46. The maximum atomic E-state index is 12.3. The molecule has 9 heteroatoms. The largest absolute Gasteiger partial charge is 0.352 e. The smallest absolute Gasteiger partial charge is 0.253 e. The van der Waals surface area contributed by atoms with Crippen LogP contribution in [0, 0.1) is 0 Å². The van der Waals surface area contributed by atoms with Gasteiger partial charge in [-0.1, -0.05) is 30.7 Å². The summed E-state index contributed by atoms with van der Waals surface area (Å²) in [5, 5.41) is 10.9. The van der Waals surface area contributed by atoms with Crippen LogP contribution >= 0.6 is 11.6 Å². The van der Waals surface area contributed by atoms with Crippen molar-refractivity contribution in [2.75, 3.05) is 11.9 Å². The minimum absolute atomic E-state index is 0.00652. The van der Waals surface area contributed by atoms with Crippen molar-refractivity contribution in [2.45, 2.75) is 24.7 Å². The summed E-state index contributed by atoms with van der Waals surface area (Å²) in [4.78, 5) is 24.5. The topological polar surface area (TPSA) is 118 Å². The molecule has 0 aliphatic heterocycles. The average Bonchev–Trinajstić information content (AvgIpc) is 2.59. The van der Waals surface area contributed by atoms with Crippen molar-refractivity contribution in [3.8, 4) is 0 Å². The van der Waals surface area contributed by atoms with Crippen molar-refractivity contribution in [2.24, 2.45) is 5.14 Å². The van der Waals surface area contributed by atoms with E-state index in [1.807, 2.05) is 6.92 Å². The Kier molecular flexibility index (Phi) is 6.95. The lowest BCUT2D eigenvalue weighted by Gasteiger charge is -2.12. The predicted molar refractivity (Wildman–Crippen MR) is 104 cm³/mol. The van der Waals surface area contributed by atoms with Crippen LogP contribution < -0.4 is 15.8 Å². The number of nitrogens with one attached hydrogen (secondary N) is 2. The van der Waals surface area contributed by atoms with Gasteiger partial charge in [-0.25, -0.2) is 13.6 Å². The van der Waals surface area contributed by atoms with Crippen LogP contribution in [0.15, 0.2) is 47.4 Å². The van der Waals surface area contributed by atoms with Crippen molar-refractivity contribution >= 4 is 39.1 Å². The summed E-state index contributed by atoms with van der Waals surface area (Å²) in [6.07, 6.45) is 0.781. The number of primary sulfonamides is 1. The molecule has 0 fully saturated rings. The van der Waals surface area contributed by atoms with E-state index in [4.69, 9.17) is 16.7 Å². The van der Waals surface area contributed by atoms with E-state index in [-0.39, 0.29) is 23.1 Å². The van der Waals surface area contributed by atoms with Crippen LogP contribution in [0.3, 0.4) is 0 Å². The Labute approximate surface area is 163 Å². The van der Waals surface area contributed by atoms with Crippen LogP contribution in [-0.2, 0) is 21.2 Å². The van der Waals surface area contributed by atoms with Gasteiger partial charge in [0.05, 0.1) is 22.6 Å². The fourth-order valence-corrected chi connectivity index (χ4v) is 3.02. The Morgan fingerprint density at radius 3 is 2.37 bits per heavy atom. The number of halogens is 1. The lowest BCUT2D eigenvalue weighted by molar-refractivity contribution is -0.115. The molecule has 2 rings (SSSR count). The summed E-state index contributed by atoms with van der Waals surface area (Å²) in [5.41, 5.74) is 1.21. The van der Waals surface area contributed by atoms with Crippen LogP contribution in [0.1, 0.15) is 29.3 Å². The number of sulfonamides is 1. The molecule has 7 nitrogen and oxygen atoms in total. The Morgan fingerprint density at radius 2 is 1.78 bits per heavy atom. The highest BCUT2D eigenvalue weighted by Crippen LogP contribution is 2.21. The fourth-order valence-electron chi connectivity index (χ4n) is 2.33. The van der Waals surface area contributed by atoms with E-state index < -0.39 is 10.0 Å². The number of anilines is 1. The molecule has 0 unspecified atom stereocenters. The maximum Gasteiger partial charge on any atom is 0.253 e. The molecule has 2 aromatic carbocycles. The van der Waals surface area contributed by atoms with Gasteiger partial charge < -0.3 is 10.6 Å². The number of hydrogen-bond donors (Lipinski definition) is 3. The molecule has 0 saturated carbocycles. The number of carbonyl (C=O) groups is 2.